The quantitative estimate of drug-likeness (QED) is 0.796. The number of rotatable bonds is 8. The number of carbonyl (C=O) groups excluding carboxylic acids is 1. The van der Waals surface area contributed by atoms with Gasteiger partial charge in [0.2, 0.25) is 5.91 Å². The molecular weight excluding hydrogens is 260 g/mol. The summed E-state index contributed by atoms with van der Waals surface area (Å²) in [4.78, 5) is 14.6. The number of hydrogen-bond acceptors (Lipinski definition) is 2. The van der Waals surface area contributed by atoms with Crippen molar-refractivity contribution in [2.24, 2.45) is 11.8 Å². The molecule has 0 radical (unpaired) electrons. The second kappa shape index (κ2) is 7.60. The highest BCUT2D eigenvalue weighted by atomic mass is 16.1. The zero-order valence-corrected chi connectivity index (χ0v) is 13.5. The van der Waals surface area contributed by atoms with Gasteiger partial charge in [0.15, 0.2) is 0 Å². The molecule has 0 heterocycles. The summed E-state index contributed by atoms with van der Waals surface area (Å²) in [5.74, 6) is 0.998. The maximum atomic E-state index is 12.2. The van der Waals surface area contributed by atoms with Crippen LogP contribution in [0.1, 0.15) is 45.2 Å². The van der Waals surface area contributed by atoms with E-state index in [1.807, 2.05) is 6.07 Å². The smallest absolute Gasteiger partial charge is 0.223 e. The Morgan fingerprint density at radius 3 is 2.38 bits per heavy atom. The predicted molar refractivity (Wildman–Crippen MR) is 87.0 cm³/mol. The molecule has 0 saturated heterocycles. The molecule has 0 aliphatic heterocycles. The SMILES string of the molecule is CCN(CC)C(CNC(=O)C(C)C1CC1)c1ccccc1. The van der Waals surface area contributed by atoms with E-state index in [9.17, 15) is 4.79 Å². The van der Waals surface area contributed by atoms with Crippen LogP contribution in [0.3, 0.4) is 0 Å². The van der Waals surface area contributed by atoms with E-state index in [1.54, 1.807) is 0 Å². The van der Waals surface area contributed by atoms with Crippen molar-refractivity contribution in [2.45, 2.75) is 39.7 Å². The average molecular weight is 288 g/mol. The lowest BCUT2D eigenvalue weighted by Crippen LogP contribution is -2.40. The van der Waals surface area contributed by atoms with Gasteiger partial charge in [0, 0.05) is 12.5 Å². The van der Waals surface area contributed by atoms with E-state index in [1.165, 1.54) is 18.4 Å². The molecule has 116 valence electrons. The summed E-state index contributed by atoms with van der Waals surface area (Å²) < 4.78 is 0. The summed E-state index contributed by atoms with van der Waals surface area (Å²) in [5.41, 5.74) is 1.28. The average Bonchev–Trinajstić information content (AvgIpc) is 3.36. The molecule has 1 aromatic rings. The molecular formula is C18H28N2O. The van der Waals surface area contributed by atoms with Gasteiger partial charge >= 0.3 is 0 Å². The molecule has 1 N–H and O–H groups in total. The summed E-state index contributed by atoms with van der Waals surface area (Å²) in [6, 6.07) is 10.7. The highest BCUT2D eigenvalue weighted by molar-refractivity contribution is 5.78. The number of amides is 1. The van der Waals surface area contributed by atoms with Crippen molar-refractivity contribution in [3.8, 4) is 0 Å². The fourth-order valence-electron chi connectivity index (χ4n) is 2.97. The first kappa shape index (κ1) is 16.0. The van der Waals surface area contributed by atoms with Gasteiger partial charge in [-0.1, -0.05) is 51.1 Å². The molecule has 1 amide bonds. The molecule has 1 fully saturated rings. The molecule has 3 nitrogen and oxygen atoms in total. The lowest BCUT2D eigenvalue weighted by molar-refractivity contribution is -0.125. The number of benzene rings is 1. The number of hydrogen-bond donors (Lipinski definition) is 1. The van der Waals surface area contributed by atoms with Crippen LogP contribution in [0.5, 0.6) is 0 Å². The molecule has 2 atom stereocenters. The Hall–Kier alpha value is -1.35. The Bertz CT molecular complexity index is 438. The van der Waals surface area contributed by atoms with Crippen LogP contribution in [0.15, 0.2) is 30.3 Å². The minimum atomic E-state index is 0.165. The Labute approximate surface area is 128 Å². The lowest BCUT2D eigenvalue weighted by Gasteiger charge is -2.30. The maximum Gasteiger partial charge on any atom is 0.223 e. The zero-order chi connectivity index (χ0) is 15.2. The molecule has 2 rings (SSSR count). The van der Waals surface area contributed by atoms with Crippen LogP contribution in [-0.4, -0.2) is 30.4 Å². The van der Waals surface area contributed by atoms with Gasteiger partial charge in [-0.25, -0.2) is 0 Å². The molecule has 0 aromatic heterocycles. The van der Waals surface area contributed by atoms with Crippen LogP contribution >= 0.6 is 0 Å². The van der Waals surface area contributed by atoms with E-state index in [0.29, 0.717) is 12.5 Å². The van der Waals surface area contributed by atoms with Crippen molar-refractivity contribution in [1.29, 1.82) is 0 Å². The van der Waals surface area contributed by atoms with Crippen molar-refractivity contribution >= 4 is 5.91 Å². The van der Waals surface area contributed by atoms with E-state index in [-0.39, 0.29) is 17.9 Å². The molecule has 0 spiro atoms. The number of carbonyl (C=O) groups is 1. The first-order valence-electron chi connectivity index (χ1n) is 8.24. The van der Waals surface area contributed by atoms with Gasteiger partial charge in [-0.2, -0.15) is 0 Å². The van der Waals surface area contributed by atoms with E-state index in [4.69, 9.17) is 0 Å². The molecule has 1 aliphatic rings. The van der Waals surface area contributed by atoms with Crippen LogP contribution in [0, 0.1) is 11.8 Å². The van der Waals surface area contributed by atoms with Crippen LogP contribution in [-0.2, 0) is 4.79 Å². The Kier molecular flexibility index (Phi) is 5.80. The van der Waals surface area contributed by atoms with Crippen LogP contribution < -0.4 is 5.32 Å². The van der Waals surface area contributed by atoms with Crippen molar-refractivity contribution in [3.05, 3.63) is 35.9 Å². The summed E-state index contributed by atoms with van der Waals surface area (Å²) in [5, 5.41) is 3.17. The number of nitrogens with one attached hydrogen (secondary N) is 1. The fraction of sp³-hybridized carbons (Fsp3) is 0.611. The van der Waals surface area contributed by atoms with Crippen molar-refractivity contribution < 1.29 is 4.79 Å². The summed E-state index contributed by atoms with van der Waals surface area (Å²) in [6.07, 6.45) is 2.43. The first-order valence-corrected chi connectivity index (χ1v) is 8.24. The number of nitrogens with zero attached hydrogens (tertiary/aromatic N) is 1. The first-order chi connectivity index (χ1) is 10.2. The molecule has 0 bridgehead atoms. The largest absolute Gasteiger partial charge is 0.354 e. The Balaban J connectivity index is 2.00. The second-order valence-corrected chi connectivity index (χ2v) is 6.02. The third-order valence-electron chi connectivity index (χ3n) is 4.65. The van der Waals surface area contributed by atoms with Gasteiger partial charge < -0.3 is 5.32 Å². The normalized spacial score (nSPS) is 17.5. The Morgan fingerprint density at radius 1 is 1.24 bits per heavy atom. The van der Waals surface area contributed by atoms with Crippen LogP contribution in [0.4, 0.5) is 0 Å². The van der Waals surface area contributed by atoms with Gasteiger partial charge in [-0.3, -0.25) is 9.69 Å². The Morgan fingerprint density at radius 2 is 1.86 bits per heavy atom. The summed E-state index contributed by atoms with van der Waals surface area (Å²) in [6.45, 7) is 9.08. The molecule has 1 aliphatic carbocycles. The second-order valence-electron chi connectivity index (χ2n) is 6.02. The molecule has 2 unspecified atom stereocenters. The minimum Gasteiger partial charge on any atom is -0.354 e. The zero-order valence-electron chi connectivity index (χ0n) is 13.5. The predicted octanol–water partition coefficient (Wildman–Crippen LogP) is 3.23. The van der Waals surface area contributed by atoms with Crippen molar-refractivity contribution in [3.63, 3.8) is 0 Å². The monoisotopic (exact) mass is 288 g/mol. The van der Waals surface area contributed by atoms with E-state index in [0.717, 1.165) is 13.1 Å². The molecule has 21 heavy (non-hydrogen) atoms. The number of likely N-dealkylation sites (N-methyl/N-ethyl adjacent to an activating group) is 1. The van der Waals surface area contributed by atoms with Gasteiger partial charge in [-0.15, -0.1) is 0 Å². The van der Waals surface area contributed by atoms with Crippen LogP contribution in [0.2, 0.25) is 0 Å². The maximum absolute atomic E-state index is 12.2. The van der Waals surface area contributed by atoms with E-state index in [2.05, 4.69) is 55.3 Å². The standard InChI is InChI=1S/C18H28N2O/c1-4-20(5-2)17(16-9-7-6-8-10-16)13-19-18(21)14(3)15-11-12-15/h6-10,14-15,17H,4-5,11-13H2,1-3H3,(H,19,21). The lowest BCUT2D eigenvalue weighted by atomic mass is 10.0. The highest BCUT2D eigenvalue weighted by Gasteiger charge is 2.32. The fourth-order valence-corrected chi connectivity index (χ4v) is 2.97. The molecule has 1 saturated carbocycles. The summed E-state index contributed by atoms with van der Waals surface area (Å²) in [7, 11) is 0. The molecule has 3 heteroatoms. The van der Waals surface area contributed by atoms with Gasteiger partial charge in [0.1, 0.15) is 0 Å². The topological polar surface area (TPSA) is 32.3 Å². The van der Waals surface area contributed by atoms with Gasteiger partial charge in [0.05, 0.1) is 6.04 Å². The van der Waals surface area contributed by atoms with E-state index >= 15 is 0 Å². The third-order valence-corrected chi connectivity index (χ3v) is 4.65. The van der Waals surface area contributed by atoms with Gasteiger partial charge in [0.25, 0.3) is 0 Å². The minimum absolute atomic E-state index is 0.165. The van der Waals surface area contributed by atoms with Crippen LogP contribution in [0.25, 0.3) is 0 Å². The van der Waals surface area contributed by atoms with Gasteiger partial charge in [-0.05, 0) is 37.4 Å². The van der Waals surface area contributed by atoms with E-state index < -0.39 is 0 Å². The van der Waals surface area contributed by atoms with Crippen molar-refractivity contribution in [2.75, 3.05) is 19.6 Å². The third kappa shape index (κ3) is 4.31. The summed E-state index contributed by atoms with van der Waals surface area (Å²) >= 11 is 0. The van der Waals surface area contributed by atoms with Crippen molar-refractivity contribution in [1.82, 2.24) is 10.2 Å². The molecule has 1 aromatic carbocycles. The highest BCUT2D eigenvalue weighted by Crippen LogP contribution is 2.36.